The Bertz CT molecular complexity index is 957. The van der Waals surface area contributed by atoms with Crippen LogP contribution in [0, 0.1) is 5.92 Å². The van der Waals surface area contributed by atoms with Crippen LogP contribution in [0.2, 0.25) is 0 Å². The summed E-state index contributed by atoms with van der Waals surface area (Å²) in [5, 5.41) is 0. The Balaban J connectivity index is 1.89. The van der Waals surface area contributed by atoms with Crippen molar-refractivity contribution in [2.24, 2.45) is 5.92 Å². The van der Waals surface area contributed by atoms with Gasteiger partial charge in [-0.2, -0.15) is 0 Å². The Hall–Kier alpha value is -2.63. The topological polar surface area (TPSA) is 83.0 Å². The molecule has 1 aromatic carbocycles. The molecule has 2 aromatic heterocycles. The normalized spacial score (nSPS) is 15.6. The van der Waals surface area contributed by atoms with Crippen LogP contribution in [0.25, 0.3) is 22.2 Å². The lowest BCUT2D eigenvalue weighted by Crippen LogP contribution is -2.16. The van der Waals surface area contributed by atoms with E-state index in [0.29, 0.717) is 35.1 Å². The zero-order valence-electron chi connectivity index (χ0n) is 15.1. The number of para-hydroxylation sites is 2. The molecule has 0 amide bonds. The van der Waals surface area contributed by atoms with Crippen LogP contribution >= 0.6 is 0 Å². The molecule has 6 heteroatoms. The number of nitrogens with zero attached hydrogens (tertiary/aromatic N) is 3. The van der Waals surface area contributed by atoms with Crippen LogP contribution in [0.5, 0.6) is 0 Å². The first-order valence-corrected chi connectivity index (χ1v) is 9.40. The molecule has 0 bridgehead atoms. The molecular formula is C20H24N4O2. The predicted octanol–water partition coefficient (Wildman–Crippen LogP) is 3.92. The lowest BCUT2D eigenvalue weighted by molar-refractivity contribution is 0.0529. The van der Waals surface area contributed by atoms with Gasteiger partial charge in [0.2, 0.25) is 0 Å². The summed E-state index contributed by atoms with van der Waals surface area (Å²) in [6.07, 6.45) is 6.19. The molecule has 2 N–H and O–H groups in total. The minimum Gasteiger partial charge on any atom is -0.462 e. The summed E-state index contributed by atoms with van der Waals surface area (Å²) < 4.78 is 7.20. The van der Waals surface area contributed by atoms with E-state index >= 15 is 0 Å². The van der Waals surface area contributed by atoms with E-state index in [-0.39, 0.29) is 0 Å². The Morgan fingerprint density at radius 1 is 1.19 bits per heavy atom. The second kappa shape index (κ2) is 6.94. The molecule has 1 fully saturated rings. The minimum absolute atomic E-state index is 0.300. The largest absolute Gasteiger partial charge is 0.462 e. The monoisotopic (exact) mass is 352 g/mol. The molecule has 0 radical (unpaired) electrons. The van der Waals surface area contributed by atoms with Gasteiger partial charge in [0.1, 0.15) is 16.9 Å². The average Bonchev–Trinajstić information content (AvgIpc) is 2.92. The van der Waals surface area contributed by atoms with Gasteiger partial charge < -0.3 is 15.0 Å². The van der Waals surface area contributed by atoms with Gasteiger partial charge in [-0.1, -0.05) is 31.4 Å². The molecule has 0 unspecified atom stereocenters. The van der Waals surface area contributed by atoms with E-state index in [9.17, 15) is 4.79 Å². The lowest BCUT2D eigenvalue weighted by atomic mass is 9.89. The third-order valence-electron chi connectivity index (χ3n) is 5.24. The smallest absolute Gasteiger partial charge is 0.344 e. The number of ether oxygens (including phenoxy) is 1. The number of nitrogens with two attached hydrogens (primary N) is 1. The Labute approximate surface area is 152 Å². The molecule has 0 saturated heterocycles. The summed E-state index contributed by atoms with van der Waals surface area (Å²) in [5.41, 5.74) is 9.52. The van der Waals surface area contributed by atoms with Crippen molar-refractivity contribution in [1.82, 2.24) is 14.5 Å². The van der Waals surface area contributed by atoms with Gasteiger partial charge in [0, 0.05) is 6.54 Å². The van der Waals surface area contributed by atoms with Crippen molar-refractivity contribution in [1.29, 1.82) is 0 Å². The van der Waals surface area contributed by atoms with Crippen molar-refractivity contribution < 1.29 is 9.53 Å². The van der Waals surface area contributed by atoms with E-state index in [4.69, 9.17) is 20.4 Å². The first kappa shape index (κ1) is 16.8. The molecule has 26 heavy (non-hydrogen) atoms. The molecule has 1 aliphatic carbocycles. The summed E-state index contributed by atoms with van der Waals surface area (Å²) in [4.78, 5) is 22.0. The number of aromatic nitrogens is 3. The number of anilines is 1. The Kier molecular flexibility index (Phi) is 4.49. The van der Waals surface area contributed by atoms with Crippen molar-refractivity contribution in [3.05, 3.63) is 29.8 Å². The number of esters is 1. The number of carbonyl (C=O) groups excluding carboxylic acids is 1. The Morgan fingerprint density at radius 3 is 2.58 bits per heavy atom. The van der Waals surface area contributed by atoms with Crippen LogP contribution in [0.15, 0.2) is 24.3 Å². The van der Waals surface area contributed by atoms with Crippen molar-refractivity contribution in [2.75, 3.05) is 12.3 Å². The van der Waals surface area contributed by atoms with E-state index in [1.807, 2.05) is 28.8 Å². The molecular weight excluding hydrogens is 328 g/mol. The van der Waals surface area contributed by atoms with Crippen LogP contribution in [0.3, 0.4) is 0 Å². The highest BCUT2D eigenvalue weighted by atomic mass is 16.5. The number of hydrogen-bond acceptors (Lipinski definition) is 5. The number of hydrogen-bond donors (Lipinski definition) is 1. The summed E-state index contributed by atoms with van der Waals surface area (Å²) in [7, 11) is 0. The summed E-state index contributed by atoms with van der Waals surface area (Å²) in [5.74, 6) is 0.547. The Morgan fingerprint density at radius 2 is 1.88 bits per heavy atom. The molecule has 0 atom stereocenters. The summed E-state index contributed by atoms with van der Waals surface area (Å²) >= 11 is 0. The number of benzene rings is 1. The number of fused-ring (bicyclic) bond motifs is 2. The second-order valence-corrected chi connectivity index (χ2v) is 6.98. The van der Waals surface area contributed by atoms with Crippen molar-refractivity contribution in [3.8, 4) is 0 Å². The number of carbonyl (C=O) groups is 1. The van der Waals surface area contributed by atoms with E-state index < -0.39 is 5.97 Å². The standard InChI is InChI=1S/C20H24N4O2/c1-2-26-20(25)16-17-19(23-15-11-7-6-10-14(15)22-17)24(18(16)21)12-13-8-4-3-5-9-13/h6-7,10-11,13H,2-5,8-9,12,21H2,1H3. The molecule has 2 heterocycles. The maximum absolute atomic E-state index is 12.5. The van der Waals surface area contributed by atoms with E-state index in [0.717, 1.165) is 17.6 Å². The second-order valence-electron chi connectivity index (χ2n) is 6.98. The molecule has 4 rings (SSSR count). The average molecular weight is 352 g/mol. The van der Waals surface area contributed by atoms with E-state index in [2.05, 4.69) is 0 Å². The zero-order chi connectivity index (χ0) is 18.1. The molecule has 1 aliphatic rings. The van der Waals surface area contributed by atoms with Gasteiger partial charge in [0.05, 0.1) is 17.6 Å². The first-order valence-electron chi connectivity index (χ1n) is 9.40. The highest BCUT2D eigenvalue weighted by Crippen LogP contribution is 2.32. The fraction of sp³-hybridized carbons (Fsp3) is 0.450. The lowest BCUT2D eigenvalue weighted by Gasteiger charge is -2.22. The SMILES string of the molecule is CCOC(=O)c1c(N)n(CC2CCCCC2)c2nc3ccccc3nc12. The third-order valence-corrected chi connectivity index (χ3v) is 5.24. The van der Waals surface area contributed by atoms with Gasteiger partial charge in [-0.05, 0) is 37.8 Å². The van der Waals surface area contributed by atoms with Crippen LogP contribution in [-0.4, -0.2) is 27.1 Å². The quantitative estimate of drug-likeness (QED) is 0.720. The molecule has 0 aliphatic heterocycles. The van der Waals surface area contributed by atoms with Crippen molar-refractivity contribution >= 4 is 34.0 Å². The van der Waals surface area contributed by atoms with E-state index in [1.54, 1.807) is 6.92 Å². The molecule has 1 saturated carbocycles. The fourth-order valence-corrected chi connectivity index (χ4v) is 3.93. The van der Waals surface area contributed by atoms with Gasteiger partial charge in [0.25, 0.3) is 0 Å². The van der Waals surface area contributed by atoms with Gasteiger partial charge in [-0.15, -0.1) is 0 Å². The summed E-state index contributed by atoms with van der Waals surface area (Å²) in [6.45, 7) is 2.86. The highest BCUT2D eigenvalue weighted by Gasteiger charge is 2.26. The van der Waals surface area contributed by atoms with Gasteiger partial charge in [-0.25, -0.2) is 14.8 Å². The summed E-state index contributed by atoms with van der Waals surface area (Å²) in [6, 6.07) is 7.67. The van der Waals surface area contributed by atoms with Gasteiger partial charge >= 0.3 is 5.97 Å². The molecule has 0 spiro atoms. The van der Waals surface area contributed by atoms with Crippen molar-refractivity contribution in [2.45, 2.75) is 45.6 Å². The van der Waals surface area contributed by atoms with Crippen LogP contribution < -0.4 is 5.73 Å². The van der Waals surface area contributed by atoms with E-state index in [1.165, 1.54) is 32.1 Å². The van der Waals surface area contributed by atoms with Gasteiger partial charge in [0.15, 0.2) is 5.65 Å². The van der Waals surface area contributed by atoms with Crippen LogP contribution in [0.4, 0.5) is 5.82 Å². The predicted molar refractivity (Wildman–Crippen MR) is 102 cm³/mol. The number of rotatable bonds is 4. The maximum Gasteiger partial charge on any atom is 0.344 e. The molecule has 6 nitrogen and oxygen atoms in total. The number of nitrogen functional groups attached to an aromatic ring is 1. The van der Waals surface area contributed by atoms with Crippen molar-refractivity contribution in [3.63, 3.8) is 0 Å². The first-order chi connectivity index (χ1) is 12.7. The molecule has 136 valence electrons. The van der Waals surface area contributed by atoms with Gasteiger partial charge in [-0.3, -0.25) is 0 Å². The van der Waals surface area contributed by atoms with Crippen LogP contribution in [0.1, 0.15) is 49.4 Å². The maximum atomic E-state index is 12.5. The zero-order valence-corrected chi connectivity index (χ0v) is 15.1. The molecule has 3 aromatic rings. The fourth-order valence-electron chi connectivity index (χ4n) is 3.93. The third kappa shape index (κ3) is 2.89. The highest BCUT2D eigenvalue weighted by molar-refractivity contribution is 6.08. The minimum atomic E-state index is -0.429. The van der Waals surface area contributed by atoms with Crippen LogP contribution in [-0.2, 0) is 11.3 Å².